The number of nitrogens with zero attached hydrogens (tertiary/aromatic N) is 1. The molecule has 104 valence electrons. The molecule has 0 saturated carbocycles. The lowest BCUT2D eigenvalue weighted by atomic mass is 10.2. The highest BCUT2D eigenvalue weighted by Gasteiger charge is 2.15. The summed E-state index contributed by atoms with van der Waals surface area (Å²) in [5.74, 6) is -0.477. The number of halogens is 1. The summed E-state index contributed by atoms with van der Waals surface area (Å²) in [6.45, 7) is 2.64. The number of hydrogen-bond acceptors (Lipinski definition) is 4. The van der Waals surface area contributed by atoms with E-state index in [2.05, 4.69) is 6.92 Å². The molecule has 2 aromatic rings. The highest BCUT2D eigenvalue weighted by Crippen LogP contribution is 2.21. The molecule has 0 amide bonds. The molecule has 7 heteroatoms. The minimum absolute atomic E-state index is 0.0730. The largest absolute Gasteiger partial charge is 0.419 e. The van der Waals surface area contributed by atoms with Crippen molar-refractivity contribution in [1.29, 1.82) is 0 Å². The van der Waals surface area contributed by atoms with Gasteiger partial charge in [-0.05, 0) is 18.6 Å². The standard InChI is InChI=1S/C12H14ClNO4S/c1-2-3-4-7-14-10-6-5-9(19(13,16)17)8-11(10)18-12(14)15/h5-6,8H,2-4,7H2,1H3. The molecule has 0 unspecified atom stereocenters. The van der Waals surface area contributed by atoms with Gasteiger partial charge in [0.1, 0.15) is 0 Å². The van der Waals surface area contributed by atoms with Crippen molar-refractivity contribution >= 4 is 30.8 Å². The van der Waals surface area contributed by atoms with Crippen LogP contribution in [0.3, 0.4) is 0 Å². The lowest BCUT2D eigenvalue weighted by Crippen LogP contribution is -2.13. The summed E-state index contributed by atoms with van der Waals surface area (Å²) in [6, 6.07) is 4.19. The second kappa shape index (κ2) is 5.38. The van der Waals surface area contributed by atoms with Gasteiger partial charge in [0, 0.05) is 23.3 Å². The van der Waals surface area contributed by atoms with Gasteiger partial charge in [-0.25, -0.2) is 13.2 Å². The molecule has 0 atom stereocenters. The van der Waals surface area contributed by atoms with Crippen LogP contribution in [0.5, 0.6) is 0 Å². The maximum Gasteiger partial charge on any atom is 0.419 e. The summed E-state index contributed by atoms with van der Waals surface area (Å²) in [7, 11) is 1.44. The molecule has 5 nitrogen and oxygen atoms in total. The van der Waals surface area contributed by atoms with E-state index in [0.29, 0.717) is 12.1 Å². The Morgan fingerprint density at radius 1 is 1.32 bits per heavy atom. The molecule has 19 heavy (non-hydrogen) atoms. The van der Waals surface area contributed by atoms with E-state index in [4.69, 9.17) is 15.1 Å². The van der Waals surface area contributed by atoms with Gasteiger partial charge in [-0.15, -0.1) is 0 Å². The van der Waals surface area contributed by atoms with Crippen LogP contribution in [0.2, 0.25) is 0 Å². The van der Waals surface area contributed by atoms with E-state index in [0.717, 1.165) is 19.3 Å². The molecule has 0 aliphatic carbocycles. The third-order valence-corrected chi connectivity index (χ3v) is 4.26. The smallest absolute Gasteiger partial charge is 0.408 e. The first-order valence-electron chi connectivity index (χ1n) is 6.01. The Bertz CT molecular complexity index is 745. The fraction of sp³-hybridized carbons (Fsp3) is 0.417. The molecule has 1 aromatic carbocycles. The van der Waals surface area contributed by atoms with Crippen molar-refractivity contribution in [3.8, 4) is 0 Å². The molecule has 0 bridgehead atoms. The van der Waals surface area contributed by atoms with Crippen molar-refractivity contribution in [1.82, 2.24) is 4.57 Å². The average molecular weight is 304 g/mol. The van der Waals surface area contributed by atoms with Crippen LogP contribution in [0.15, 0.2) is 32.3 Å². The summed E-state index contributed by atoms with van der Waals surface area (Å²) in [5.41, 5.74) is 0.827. The second-order valence-electron chi connectivity index (χ2n) is 4.29. The third-order valence-electron chi connectivity index (χ3n) is 2.91. The van der Waals surface area contributed by atoms with Gasteiger partial charge in [-0.2, -0.15) is 0 Å². The maximum absolute atomic E-state index is 11.7. The van der Waals surface area contributed by atoms with Crippen LogP contribution < -0.4 is 5.76 Å². The second-order valence-corrected chi connectivity index (χ2v) is 6.86. The summed E-state index contributed by atoms with van der Waals surface area (Å²) in [6.07, 6.45) is 2.95. The van der Waals surface area contributed by atoms with Crippen LogP contribution in [0.25, 0.3) is 11.1 Å². The first-order chi connectivity index (χ1) is 8.93. The van der Waals surface area contributed by atoms with Gasteiger partial charge < -0.3 is 4.42 Å². The number of aryl methyl sites for hydroxylation is 1. The molecule has 1 heterocycles. The average Bonchev–Trinajstić information content (AvgIpc) is 2.64. The third kappa shape index (κ3) is 3.01. The summed E-state index contributed by atoms with van der Waals surface area (Å²) >= 11 is 0. The molecule has 2 rings (SSSR count). The van der Waals surface area contributed by atoms with Crippen molar-refractivity contribution < 1.29 is 12.8 Å². The number of fused-ring (bicyclic) bond motifs is 1. The van der Waals surface area contributed by atoms with E-state index in [9.17, 15) is 13.2 Å². The lowest BCUT2D eigenvalue weighted by molar-refractivity contribution is 0.491. The van der Waals surface area contributed by atoms with Crippen LogP contribution in [-0.4, -0.2) is 13.0 Å². The Labute approximate surface area is 115 Å². The highest BCUT2D eigenvalue weighted by molar-refractivity contribution is 8.13. The summed E-state index contributed by atoms with van der Waals surface area (Å²) in [5, 5.41) is 0. The minimum Gasteiger partial charge on any atom is -0.408 e. The quantitative estimate of drug-likeness (QED) is 0.629. The number of hydrogen-bond donors (Lipinski definition) is 0. The van der Waals surface area contributed by atoms with Crippen molar-refractivity contribution in [2.45, 2.75) is 37.6 Å². The van der Waals surface area contributed by atoms with E-state index in [1.54, 1.807) is 6.07 Å². The Balaban J connectivity index is 2.45. The van der Waals surface area contributed by atoms with E-state index in [1.807, 2.05) is 0 Å². The van der Waals surface area contributed by atoms with Crippen LogP contribution in [-0.2, 0) is 15.6 Å². The fourth-order valence-electron chi connectivity index (χ4n) is 1.93. The zero-order valence-corrected chi connectivity index (χ0v) is 12.0. The molecule has 0 N–H and O–H groups in total. The maximum atomic E-state index is 11.7. The number of aromatic nitrogens is 1. The number of oxazole rings is 1. The van der Waals surface area contributed by atoms with Gasteiger partial charge in [0.15, 0.2) is 5.58 Å². The van der Waals surface area contributed by atoms with Gasteiger partial charge in [0.05, 0.1) is 10.4 Å². The molecular formula is C12H14ClNO4S. The first kappa shape index (κ1) is 14.1. The Hall–Kier alpha value is -1.27. The van der Waals surface area contributed by atoms with Gasteiger partial charge in [-0.3, -0.25) is 4.57 Å². The Kier molecular flexibility index (Phi) is 4.01. The monoisotopic (exact) mass is 303 g/mol. The highest BCUT2D eigenvalue weighted by atomic mass is 35.7. The first-order valence-corrected chi connectivity index (χ1v) is 8.32. The van der Waals surface area contributed by atoms with Gasteiger partial charge >= 0.3 is 5.76 Å². The molecule has 0 fully saturated rings. The summed E-state index contributed by atoms with van der Waals surface area (Å²) < 4.78 is 29.0. The molecular weight excluding hydrogens is 290 g/mol. The lowest BCUT2D eigenvalue weighted by Gasteiger charge is -2.01. The van der Waals surface area contributed by atoms with Gasteiger partial charge in [-0.1, -0.05) is 19.8 Å². The SMILES string of the molecule is CCCCCn1c(=O)oc2cc(S(=O)(=O)Cl)ccc21. The number of rotatable bonds is 5. The van der Waals surface area contributed by atoms with Crippen LogP contribution in [0.1, 0.15) is 26.2 Å². The van der Waals surface area contributed by atoms with E-state index >= 15 is 0 Å². The van der Waals surface area contributed by atoms with E-state index in [-0.39, 0.29) is 10.5 Å². The van der Waals surface area contributed by atoms with E-state index < -0.39 is 14.8 Å². The van der Waals surface area contributed by atoms with Crippen molar-refractivity contribution in [2.24, 2.45) is 0 Å². The topological polar surface area (TPSA) is 69.3 Å². The Morgan fingerprint density at radius 2 is 2.05 bits per heavy atom. The molecule has 0 radical (unpaired) electrons. The molecule has 0 saturated heterocycles. The Morgan fingerprint density at radius 3 is 2.68 bits per heavy atom. The fourth-order valence-corrected chi connectivity index (χ4v) is 2.70. The minimum atomic E-state index is -3.82. The predicted molar refractivity (Wildman–Crippen MR) is 73.0 cm³/mol. The molecule has 0 spiro atoms. The molecule has 1 aromatic heterocycles. The van der Waals surface area contributed by atoms with Gasteiger partial charge in [0.25, 0.3) is 9.05 Å². The molecule has 0 aliphatic heterocycles. The summed E-state index contributed by atoms with van der Waals surface area (Å²) in [4.78, 5) is 11.6. The molecule has 0 aliphatic rings. The van der Waals surface area contributed by atoms with Crippen molar-refractivity contribution in [2.75, 3.05) is 0 Å². The zero-order chi connectivity index (χ0) is 14.0. The van der Waals surface area contributed by atoms with Crippen LogP contribution in [0, 0.1) is 0 Å². The van der Waals surface area contributed by atoms with Crippen LogP contribution in [0.4, 0.5) is 0 Å². The van der Waals surface area contributed by atoms with Gasteiger partial charge in [0.2, 0.25) is 0 Å². The normalized spacial score (nSPS) is 12.1. The van der Waals surface area contributed by atoms with E-state index in [1.165, 1.54) is 16.7 Å². The van der Waals surface area contributed by atoms with Crippen molar-refractivity contribution in [3.63, 3.8) is 0 Å². The zero-order valence-electron chi connectivity index (χ0n) is 10.4. The predicted octanol–water partition coefficient (Wildman–Crippen LogP) is 2.71. The van der Waals surface area contributed by atoms with Crippen LogP contribution >= 0.6 is 10.7 Å². The number of unbranched alkanes of at least 4 members (excludes halogenated alkanes) is 2. The van der Waals surface area contributed by atoms with Crippen molar-refractivity contribution in [3.05, 3.63) is 28.7 Å². The number of benzene rings is 1.